The number of nitriles is 1. The molecule has 3 rings (SSSR count). The topological polar surface area (TPSA) is 83.6 Å². The fourth-order valence-corrected chi connectivity index (χ4v) is 3.47. The zero-order chi connectivity index (χ0) is 21.7. The molecule has 3 aromatic rings. The highest BCUT2D eigenvalue weighted by molar-refractivity contribution is 7.99. The van der Waals surface area contributed by atoms with Crippen LogP contribution in [0.4, 0.5) is 4.39 Å². The molecule has 0 saturated carbocycles. The molecule has 1 atom stereocenters. The van der Waals surface area contributed by atoms with E-state index in [1.165, 1.54) is 23.9 Å². The highest BCUT2D eigenvalue weighted by Gasteiger charge is 2.30. The average molecular weight is 424 g/mol. The zero-order valence-electron chi connectivity index (χ0n) is 17.0. The van der Waals surface area contributed by atoms with Gasteiger partial charge in [-0.25, -0.2) is 4.39 Å². The average Bonchev–Trinajstić information content (AvgIpc) is 3.17. The number of nitrogens with zero attached hydrogens (tertiary/aromatic N) is 4. The van der Waals surface area contributed by atoms with Gasteiger partial charge < -0.3 is 5.32 Å². The Labute approximate surface area is 179 Å². The Balaban J connectivity index is 1.88. The fraction of sp³-hybridized carbons (Fsp3) is 0.273. The number of halogens is 1. The van der Waals surface area contributed by atoms with Crippen molar-refractivity contribution in [3.05, 3.63) is 60.4 Å². The van der Waals surface area contributed by atoms with Crippen LogP contribution in [-0.4, -0.2) is 32.0 Å². The third-order valence-electron chi connectivity index (χ3n) is 4.87. The van der Waals surface area contributed by atoms with Gasteiger partial charge in [-0.2, -0.15) is 5.26 Å². The maximum absolute atomic E-state index is 13.3. The number of hydrogen-bond donors (Lipinski definition) is 1. The first kappa shape index (κ1) is 21.5. The maximum Gasteiger partial charge on any atom is 0.231 e. The van der Waals surface area contributed by atoms with Gasteiger partial charge >= 0.3 is 0 Å². The second kappa shape index (κ2) is 9.09. The first-order valence-corrected chi connectivity index (χ1v) is 10.4. The summed E-state index contributed by atoms with van der Waals surface area (Å²) in [7, 11) is 0. The molecule has 1 heterocycles. The Bertz CT molecular complexity index is 1060. The van der Waals surface area contributed by atoms with Gasteiger partial charge in [0.15, 0.2) is 11.0 Å². The lowest BCUT2D eigenvalue weighted by molar-refractivity contribution is -0.120. The van der Waals surface area contributed by atoms with Crippen LogP contribution in [0.15, 0.2) is 59.8 Å². The van der Waals surface area contributed by atoms with Crippen LogP contribution in [0.1, 0.15) is 20.8 Å². The molecule has 2 aromatic carbocycles. The number of nitrogens with one attached hydrogen (secondary N) is 1. The smallest absolute Gasteiger partial charge is 0.231 e. The van der Waals surface area contributed by atoms with Crippen molar-refractivity contribution in [2.75, 3.05) is 5.75 Å². The van der Waals surface area contributed by atoms with E-state index < -0.39 is 5.54 Å². The van der Waals surface area contributed by atoms with Crippen molar-refractivity contribution in [2.45, 2.75) is 31.5 Å². The molecular weight excluding hydrogens is 401 g/mol. The lowest BCUT2D eigenvalue weighted by Crippen LogP contribution is -2.49. The molecule has 8 heteroatoms. The molecule has 1 N–H and O–H groups in total. The Morgan fingerprint density at radius 2 is 1.87 bits per heavy atom. The van der Waals surface area contributed by atoms with E-state index in [1.54, 1.807) is 19.1 Å². The quantitative estimate of drug-likeness (QED) is 0.575. The van der Waals surface area contributed by atoms with Crippen LogP contribution >= 0.6 is 11.8 Å². The number of para-hydroxylation sites is 1. The van der Waals surface area contributed by atoms with Gasteiger partial charge in [0.2, 0.25) is 5.91 Å². The molecule has 0 aliphatic rings. The number of rotatable bonds is 7. The zero-order valence-corrected chi connectivity index (χ0v) is 17.8. The molecule has 0 bridgehead atoms. The van der Waals surface area contributed by atoms with Crippen LogP contribution in [-0.2, 0) is 4.79 Å². The summed E-state index contributed by atoms with van der Waals surface area (Å²) >= 11 is 1.23. The Kier molecular flexibility index (Phi) is 6.53. The van der Waals surface area contributed by atoms with E-state index in [1.807, 2.05) is 48.7 Å². The lowest BCUT2D eigenvalue weighted by atomic mass is 9.90. The minimum absolute atomic E-state index is 0.0329. The highest BCUT2D eigenvalue weighted by Crippen LogP contribution is 2.28. The second-order valence-electron chi connectivity index (χ2n) is 7.29. The number of aromatic nitrogens is 3. The summed E-state index contributed by atoms with van der Waals surface area (Å²) in [5.74, 6) is 0.00564. The predicted octanol–water partition coefficient (Wildman–Crippen LogP) is 4.22. The minimum Gasteiger partial charge on any atom is -0.337 e. The third-order valence-corrected chi connectivity index (χ3v) is 5.80. The largest absolute Gasteiger partial charge is 0.337 e. The number of thioether (sulfide) groups is 1. The summed E-state index contributed by atoms with van der Waals surface area (Å²) in [5, 5.41) is 21.3. The van der Waals surface area contributed by atoms with Gasteiger partial charge in [0.25, 0.3) is 0 Å². The van der Waals surface area contributed by atoms with E-state index in [0.717, 1.165) is 5.69 Å². The summed E-state index contributed by atoms with van der Waals surface area (Å²) in [6.07, 6.45) is 0. The summed E-state index contributed by atoms with van der Waals surface area (Å²) in [5.41, 5.74) is 0.596. The molecule has 154 valence electrons. The van der Waals surface area contributed by atoms with Crippen molar-refractivity contribution in [2.24, 2.45) is 5.92 Å². The van der Waals surface area contributed by atoms with Gasteiger partial charge in [0, 0.05) is 11.3 Å². The molecule has 1 amide bonds. The SMILES string of the molecule is CC(C)[C@](C)(C#N)NC(=O)CSc1nnc(-c2ccc(F)cc2)n1-c1ccccc1. The van der Waals surface area contributed by atoms with E-state index in [4.69, 9.17) is 0 Å². The number of carbonyl (C=O) groups is 1. The first-order valence-electron chi connectivity index (χ1n) is 9.46. The van der Waals surface area contributed by atoms with Gasteiger partial charge in [-0.3, -0.25) is 9.36 Å². The van der Waals surface area contributed by atoms with Gasteiger partial charge in [0.05, 0.1) is 11.8 Å². The molecule has 30 heavy (non-hydrogen) atoms. The van der Waals surface area contributed by atoms with Gasteiger partial charge in [0.1, 0.15) is 11.4 Å². The first-order chi connectivity index (χ1) is 14.3. The molecule has 0 unspecified atom stereocenters. The van der Waals surface area contributed by atoms with Crippen LogP contribution < -0.4 is 5.32 Å². The van der Waals surface area contributed by atoms with Crippen molar-refractivity contribution in [3.63, 3.8) is 0 Å². The summed E-state index contributed by atoms with van der Waals surface area (Å²) in [4.78, 5) is 12.5. The summed E-state index contributed by atoms with van der Waals surface area (Å²) in [6, 6.07) is 17.7. The lowest BCUT2D eigenvalue weighted by Gasteiger charge is -2.27. The Morgan fingerprint density at radius 3 is 2.47 bits per heavy atom. The van der Waals surface area contributed by atoms with Crippen molar-refractivity contribution >= 4 is 17.7 Å². The van der Waals surface area contributed by atoms with Crippen LogP contribution in [0, 0.1) is 23.1 Å². The van der Waals surface area contributed by atoms with E-state index >= 15 is 0 Å². The Hall–Kier alpha value is -3.18. The monoisotopic (exact) mass is 423 g/mol. The van der Waals surface area contributed by atoms with E-state index in [0.29, 0.717) is 16.5 Å². The Morgan fingerprint density at radius 1 is 1.20 bits per heavy atom. The van der Waals surface area contributed by atoms with E-state index in [-0.39, 0.29) is 23.4 Å². The normalized spacial score (nSPS) is 12.9. The van der Waals surface area contributed by atoms with Crippen LogP contribution in [0.25, 0.3) is 17.1 Å². The summed E-state index contributed by atoms with van der Waals surface area (Å²) in [6.45, 7) is 5.48. The third kappa shape index (κ3) is 4.69. The van der Waals surface area contributed by atoms with E-state index in [9.17, 15) is 14.4 Å². The number of carbonyl (C=O) groups excluding carboxylic acids is 1. The predicted molar refractivity (Wildman–Crippen MR) is 114 cm³/mol. The molecule has 0 radical (unpaired) electrons. The van der Waals surface area contributed by atoms with Crippen molar-refractivity contribution in [1.29, 1.82) is 5.26 Å². The number of amides is 1. The number of benzene rings is 2. The molecule has 0 aliphatic heterocycles. The highest BCUT2D eigenvalue weighted by atomic mass is 32.2. The maximum atomic E-state index is 13.3. The molecule has 0 spiro atoms. The molecule has 0 saturated heterocycles. The minimum atomic E-state index is -0.940. The van der Waals surface area contributed by atoms with E-state index in [2.05, 4.69) is 21.6 Å². The molecule has 0 aliphatic carbocycles. The van der Waals surface area contributed by atoms with Crippen LogP contribution in [0.5, 0.6) is 0 Å². The standard InChI is InChI=1S/C22H22FN5OS/c1-15(2)22(3,14-24)25-19(29)13-30-21-27-26-20(16-9-11-17(23)12-10-16)28(21)18-7-5-4-6-8-18/h4-12,15H,13H2,1-3H3,(H,25,29)/t22-/m0/s1. The van der Waals surface area contributed by atoms with Crippen LogP contribution in [0.3, 0.4) is 0 Å². The fourth-order valence-electron chi connectivity index (χ4n) is 2.72. The van der Waals surface area contributed by atoms with Crippen molar-refractivity contribution < 1.29 is 9.18 Å². The molecule has 6 nitrogen and oxygen atoms in total. The molecular formula is C22H22FN5OS. The van der Waals surface area contributed by atoms with Gasteiger partial charge in [-0.05, 0) is 49.2 Å². The van der Waals surface area contributed by atoms with Crippen molar-refractivity contribution in [1.82, 2.24) is 20.1 Å². The van der Waals surface area contributed by atoms with Crippen molar-refractivity contribution in [3.8, 4) is 23.1 Å². The second-order valence-corrected chi connectivity index (χ2v) is 8.23. The molecule has 1 aromatic heterocycles. The van der Waals surface area contributed by atoms with Gasteiger partial charge in [-0.15, -0.1) is 10.2 Å². The molecule has 0 fully saturated rings. The summed E-state index contributed by atoms with van der Waals surface area (Å²) < 4.78 is 15.2. The number of hydrogen-bond acceptors (Lipinski definition) is 5. The van der Waals surface area contributed by atoms with Crippen LogP contribution in [0.2, 0.25) is 0 Å². The van der Waals surface area contributed by atoms with Gasteiger partial charge in [-0.1, -0.05) is 43.8 Å².